The fourth-order valence-corrected chi connectivity index (χ4v) is 0.750. The molecule has 0 saturated heterocycles. The fraction of sp³-hybridized carbons (Fsp3) is 0.250. The van der Waals surface area contributed by atoms with Crippen LogP contribution in [0.2, 0.25) is 0 Å². The van der Waals surface area contributed by atoms with Gasteiger partial charge in [0.1, 0.15) is 0 Å². The molecule has 0 saturated carbocycles. The standard InChI is InChI=1S/C8H10NO/c1-9-8-4-2-7(6-10)3-5-8/h2-5,10H,6H2,1H3/q-1. The molecule has 54 valence electrons. The second-order valence-electron chi connectivity index (χ2n) is 2.05. The first-order chi connectivity index (χ1) is 4.86. The van der Waals surface area contributed by atoms with Gasteiger partial charge >= 0.3 is 0 Å². The minimum absolute atomic E-state index is 0.101. The fourth-order valence-electron chi connectivity index (χ4n) is 0.750. The van der Waals surface area contributed by atoms with Gasteiger partial charge in [0.25, 0.3) is 0 Å². The molecular weight excluding hydrogens is 126 g/mol. The van der Waals surface area contributed by atoms with Gasteiger partial charge in [0, 0.05) is 0 Å². The Balaban J connectivity index is 2.80. The van der Waals surface area contributed by atoms with Crippen molar-refractivity contribution in [2.45, 2.75) is 6.61 Å². The summed E-state index contributed by atoms with van der Waals surface area (Å²) in [5, 5.41) is 12.6. The lowest BCUT2D eigenvalue weighted by atomic mass is 10.2. The predicted octanol–water partition coefficient (Wildman–Crippen LogP) is 1.81. The van der Waals surface area contributed by atoms with E-state index < -0.39 is 0 Å². The average molecular weight is 136 g/mol. The van der Waals surface area contributed by atoms with Gasteiger partial charge in [-0.1, -0.05) is 24.3 Å². The van der Waals surface area contributed by atoms with Crippen LogP contribution in [-0.4, -0.2) is 12.2 Å². The summed E-state index contributed by atoms with van der Waals surface area (Å²) in [7, 11) is 1.74. The lowest BCUT2D eigenvalue weighted by Crippen LogP contribution is -1.79. The molecule has 0 aliphatic rings. The van der Waals surface area contributed by atoms with Gasteiger partial charge in [0.15, 0.2) is 0 Å². The van der Waals surface area contributed by atoms with Crippen LogP contribution in [0.5, 0.6) is 0 Å². The van der Waals surface area contributed by atoms with Gasteiger partial charge in [0.05, 0.1) is 6.61 Å². The molecule has 2 heteroatoms. The molecule has 0 atom stereocenters. The van der Waals surface area contributed by atoms with E-state index in [1.165, 1.54) is 0 Å². The van der Waals surface area contributed by atoms with Crippen molar-refractivity contribution in [3.05, 3.63) is 35.1 Å². The first-order valence-corrected chi connectivity index (χ1v) is 3.16. The van der Waals surface area contributed by atoms with Crippen LogP contribution in [0.3, 0.4) is 0 Å². The normalized spacial score (nSPS) is 9.40. The molecule has 10 heavy (non-hydrogen) atoms. The molecule has 1 aromatic carbocycles. The topological polar surface area (TPSA) is 34.3 Å². The highest BCUT2D eigenvalue weighted by atomic mass is 16.3. The van der Waals surface area contributed by atoms with Crippen molar-refractivity contribution in [3.63, 3.8) is 0 Å². The van der Waals surface area contributed by atoms with Gasteiger partial charge < -0.3 is 10.4 Å². The van der Waals surface area contributed by atoms with E-state index in [-0.39, 0.29) is 6.61 Å². The molecule has 0 aromatic heterocycles. The average Bonchev–Trinajstić information content (AvgIpc) is 2.05. The second-order valence-corrected chi connectivity index (χ2v) is 2.05. The quantitative estimate of drug-likeness (QED) is 0.661. The highest BCUT2D eigenvalue weighted by Gasteiger charge is 1.84. The van der Waals surface area contributed by atoms with Crippen molar-refractivity contribution < 1.29 is 5.11 Å². The Morgan fingerprint density at radius 2 is 1.90 bits per heavy atom. The maximum Gasteiger partial charge on any atom is 0.0681 e. The van der Waals surface area contributed by atoms with E-state index in [0.717, 1.165) is 11.3 Å². The van der Waals surface area contributed by atoms with Crippen LogP contribution in [0.4, 0.5) is 5.69 Å². The largest absolute Gasteiger partial charge is 0.687 e. The van der Waals surface area contributed by atoms with Crippen LogP contribution in [0.15, 0.2) is 24.3 Å². The van der Waals surface area contributed by atoms with Gasteiger partial charge in [-0.2, -0.15) is 0 Å². The monoisotopic (exact) mass is 136 g/mol. The lowest BCUT2D eigenvalue weighted by Gasteiger charge is -2.12. The molecule has 0 radical (unpaired) electrons. The minimum atomic E-state index is 0.101. The molecule has 2 nitrogen and oxygen atoms in total. The number of hydrogen-bond donors (Lipinski definition) is 1. The summed E-state index contributed by atoms with van der Waals surface area (Å²) in [5.74, 6) is 0. The third-order valence-electron chi connectivity index (χ3n) is 1.38. The van der Waals surface area contributed by atoms with Crippen molar-refractivity contribution in [1.82, 2.24) is 0 Å². The summed E-state index contributed by atoms with van der Waals surface area (Å²) in [6, 6.07) is 7.49. The Hall–Kier alpha value is -1.02. The zero-order chi connectivity index (χ0) is 7.40. The third-order valence-corrected chi connectivity index (χ3v) is 1.38. The van der Waals surface area contributed by atoms with Crippen molar-refractivity contribution in [2.24, 2.45) is 0 Å². The smallest absolute Gasteiger partial charge is 0.0681 e. The summed E-state index contributed by atoms with van der Waals surface area (Å²) >= 11 is 0. The van der Waals surface area contributed by atoms with E-state index >= 15 is 0 Å². The number of benzene rings is 1. The van der Waals surface area contributed by atoms with Gasteiger partial charge in [-0.05, 0) is 5.56 Å². The summed E-state index contributed by atoms with van der Waals surface area (Å²) < 4.78 is 0. The highest BCUT2D eigenvalue weighted by molar-refractivity contribution is 5.48. The molecule has 1 rings (SSSR count). The maximum atomic E-state index is 8.67. The van der Waals surface area contributed by atoms with Crippen molar-refractivity contribution in [1.29, 1.82) is 0 Å². The molecule has 0 bridgehead atoms. The summed E-state index contributed by atoms with van der Waals surface area (Å²) in [6.45, 7) is 0.101. The highest BCUT2D eigenvalue weighted by Crippen LogP contribution is 2.15. The Morgan fingerprint density at radius 1 is 1.30 bits per heavy atom. The molecule has 1 aromatic rings. The zero-order valence-electron chi connectivity index (χ0n) is 5.91. The summed E-state index contributed by atoms with van der Waals surface area (Å²) in [6.07, 6.45) is 0. The summed E-state index contributed by atoms with van der Waals surface area (Å²) in [4.78, 5) is 0. The van der Waals surface area contributed by atoms with E-state index in [1.807, 2.05) is 24.3 Å². The van der Waals surface area contributed by atoms with E-state index in [9.17, 15) is 0 Å². The molecule has 0 aliphatic heterocycles. The molecule has 0 aliphatic carbocycles. The predicted molar refractivity (Wildman–Crippen MR) is 41.3 cm³/mol. The van der Waals surface area contributed by atoms with Gasteiger partial charge in [-0.25, -0.2) is 0 Å². The third kappa shape index (κ3) is 1.48. The van der Waals surface area contributed by atoms with Crippen molar-refractivity contribution in [2.75, 3.05) is 7.05 Å². The van der Waals surface area contributed by atoms with Gasteiger partial charge in [-0.3, -0.25) is 0 Å². The first-order valence-electron chi connectivity index (χ1n) is 3.16. The lowest BCUT2D eigenvalue weighted by molar-refractivity contribution is 0.282. The van der Waals surface area contributed by atoms with Crippen molar-refractivity contribution >= 4 is 5.69 Å². The van der Waals surface area contributed by atoms with Crippen LogP contribution in [0.25, 0.3) is 5.32 Å². The molecule has 0 unspecified atom stereocenters. The van der Waals surface area contributed by atoms with Crippen molar-refractivity contribution in [3.8, 4) is 0 Å². The number of hydrogen-bond acceptors (Lipinski definition) is 1. The molecule has 0 amide bonds. The SMILES string of the molecule is C[N-]c1ccc(CO)cc1. The second kappa shape index (κ2) is 3.22. The number of nitrogens with zero attached hydrogens (tertiary/aromatic N) is 1. The van der Waals surface area contributed by atoms with Gasteiger partial charge in [-0.15, -0.1) is 12.7 Å². The Labute approximate surface area is 60.5 Å². The maximum absolute atomic E-state index is 8.67. The Kier molecular flexibility index (Phi) is 2.29. The van der Waals surface area contributed by atoms with Crippen LogP contribution >= 0.6 is 0 Å². The summed E-state index contributed by atoms with van der Waals surface area (Å²) in [5.41, 5.74) is 1.87. The van der Waals surface area contributed by atoms with E-state index in [4.69, 9.17) is 5.11 Å². The van der Waals surface area contributed by atoms with Crippen LogP contribution in [0.1, 0.15) is 5.56 Å². The van der Waals surface area contributed by atoms with E-state index in [2.05, 4.69) is 5.32 Å². The minimum Gasteiger partial charge on any atom is -0.687 e. The van der Waals surface area contributed by atoms with E-state index in [0.29, 0.717) is 0 Å². The van der Waals surface area contributed by atoms with Crippen LogP contribution in [0, 0.1) is 0 Å². The molecule has 1 N–H and O–H groups in total. The zero-order valence-corrected chi connectivity index (χ0v) is 5.91. The Bertz CT molecular complexity index is 170. The molecule has 0 heterocycles. The number of aliphatic hydroxyl groups is 1. The van der Waals surface area contributed by atoms with Gasteiger partial charge in [0.2, 0.25) is 0 Å². The number of rotatable bonds is 2. The van der Waals surface area contributed by atoms with E-state index in [1.54, 1.807) is 7.05 Å². The molecule has 0 spiro atoms. The molecular formula is C8H10NO-. The first kappa shape index (κ1) is 7.09. The molecule has 0 fully saturated rings. The number of aliphatic hydroxyl groups excluding tert-OH is 1. The van der Waals surface area contributed by atoms with Crippen LogP contribution < -0.4 is 0 Å². The Morgan fingerprint density at radius 3 is 2.30 bits per heavy atom. The van der Waals surface area contributed by atoms with Crippen LogP contribution in [-0.2, 0) is 6.61 Å².